The van der Waals surface area contributed by atoms with E-state index in [1.807, 2.05) is 11.8 Å². The van der Waals surface area contributed by atoms with Crippen molar-refractivity contribution >= 4 is 17.6 Å². The Balaban J connectivity index is 2.11. The summed E-state index contributed by atoms with van der Waals surface area (Å²) in [6.07, 6.45) is 1.25. The van der Waals surface area contributed by atoms with Gasteiger partial charge in [0.15, 0.2) is 0 Å². The van der Waals surface area contributed by atoms with Crippen LogP contribution in [0.25, 0.3) is 0 Å². The molecule has 0 aromatic rings. The molecule has 0 aromatic carbocycles. The zero-order valence-corrected chi connectivity index (χ0v) is 8.08. The molecule has 0 spiro atoms. The number of hydrogen-bond donors (Lipinski definition) is 1. The smallest absolute Gasteiger partial charge is 0.106 e. The van der Waals surface area contributed by atoms with Crippen molar-refractivity contribution in [1.82, 2.24) is 5.32 Å². The van der Waals surface area contributed by atoms with Crippen molar-refractivity contribution in [3.63, 3.8) is 0 Å². The van der Waals surface area contributed by atoms with Gasteiger partial charge in [-0.15, -0.1) is 0 Å². The largest absolute Gasteiger partial charge is 0.371 e. The van der Waals surface area contributed by atoms with Crippen LogP contribution in [0.2, 0.25) is 0 Å². The van der Waals surface area contributed by atoms with Crippen LogP contribution in [0.15, 0.2) is 4.99 Å². The molecule has 1 unspecified atom stereocenters. The molecule has 1 aliphatic heterocycles. The Bertz CT molecular complexity index is 145. The molecule has 0 saturated heterocycles. The minimum atomic E-state index is 0.764. The molecule has 0 radical (unpaired) electrons. The van der Waals surface area contributed by atoms with Crippen molar-refractivity contribution in [3.05, 3.63) is 0 Å². The first-order valence-corrected chi connectivity index (χ1v) is 5.26. The van der Waals surface area contributed by atoms with E-state index in [0.717, 1.165) is 24.1 Å². The van der Waals surface area contributed by atoms with Gasteiger partial charge >= 0.3 is 0 Å². The molecule has 3 heteroatoms. The third kappa shape index (κ3) is 3.14. The first-order chi connectivity index (χ1) is 5.33. The first-order valence-electron chi connectivity index (χ1n) is 4.21. The standard InChI is InChI=1S/C8H16N2S/c1-3-7(2)11-6-8-9-4-5-10-8/h7H,3-6H2,1-2H3,(H,9,10). The Morgan fingerprint density at radius 3 is 3.09 bits per heavy atom. The van der Waals surface area contributed by atoms with Gasteiger partial charge in [0, 0.05) is 11.8 Å². The van der Waals surface area contributed by atoms with Gasteiger partial charge in [0.2, 0.25) is 0 Å². The highest BCUT2D eigenvalue weighted by atomic mass is 32.2. The summed E-state index contributed by atoms with van der Waals surface area (Å²) in [7, 11) is 0. The van der Waals surface area contributed by atoms with Crippen LogP contribution in [0.3, 0.4) is 0 Å². The van der Waals surface area contributed by atoms with Gasteiger partial charge in [0.25, 0.3) is 0 Å². The molecule has 0 amide bonds. The molecule has 1 heterocycles. The Morgan fingerprint density at radius 1 is 1.73 bits per heavy atom. The molecular formula is C8H16N2S. The molecule has 64 valence electrons. The van der Waals surface area contributed by atoms with E-state index in [9.17, 15) is 0 Å². The predicted molar refractivity (Wildman–Crippen MR) is 52.5 cm³/mol. The van der Waals surface area contributed by atoms with Crippen molar-refractivity contribution in [1.29, 1.82) is 0 Å². The average Bonchev–Trinajstić information content (AvgIpc) is 2.52. The summed E-state index contributed by atoms with van der Waals surface area (Å²) in [4.78, 5) is 4.33. The van der Waals surface area contributed by atoms with Crippen molar-refractivity contribution in [2.24, 2.45) is 4.99 Å². The summed E-state index contributed by atoms with van der Waals surface area (Å²) in [5, 5.41) is 4.03. The summed E-state index contributed by atoms with van der Waals surface area (Å²) in [5.74, 6) is 2.25. The lowest BCUT2D eigenvalue weighted by molar-refractivity contribution is 0.907. The molecule has 0 saturated carbocycles. The van der Waals surface area contributed by atoms with Gasteiger partial charge in [-0.3, -0.25) is 4.99 Å². The molecule has 0 fully saturated rings. The normalized spacial score (nSPS) is 19.3. The third-order valence-corrected chi connectivity index (χ3v) is 3.17. The fourth-order valence-electron chi connectivity index (χ4n) is 0.883. The van der Waals surface area contributed by atoms with Crippen LogP contribution in [0, 0.1) is 0 Å². The lowest BCUT2D eigenvalue weighted by atomic mass is 10.4. The van der Waals surface area contributed by atoms with Crippen LogP contribution in [-0.4, -0.2) is 29.9 Å². The van der Waals surface area contributed by atoms with Crippen LogP contribution < -0.4 is 5.32 Å². The number of amidine groups is 1. The van der Waals surface area contributed by atoms with Crippen LogP contribution in [0.5, 0.6) is 0 Å². The number of nitrogens with zero attached hydrogens (tertiary/aromatic N) is 1. The summed E-state index contributed by atoms with van der Waals surface area (Å²) in [5.41, 5.74) is 0. The molecule has 1 aliphatic rings. The third-order valence-electron chi connectivity index (χ3n) is 1.82. The van der Waals surface area contributed by atoms with Crippen molar-refractivity contribution in [3.8, 4) is 0 Å². The molecular weight excluding hydrogens is 156 g/mol. The minimum absolute atomic E-state index is 0.764. The fraction of sp³-hybridized carbons (Fsp3) is 0.875. The van der Waals surface area contributed by atoms with E-state index in [1.165, 1.54) is 12.3 Å². The maximum atomic E-state index is 4.33. The second kappa shape index (κ2) is 4.65. The highest BCUT2D eigenvalue weighted by molar-refractivity contribution is 8.00. The Hall–Kier alpha value is -0.180. The number of thioether (sulfide) groups is 1. The molecule has 2 nitrogen and oxygen atoms in total. The van der Waals surface area contributed by atoms with Crippen LogP contribution in [0.1, 0.15) is 20.3 Å². The number of rotatable bonds is 4. The number of aliphatic imine (C=N–C) groups is 1. The van der Waals surface area contributed by atoms with Crippen molar-refractivity contribution < 1.29 is 0 Å². The zero-order chi connectivity index (χ0) is 8.10. The van der Waals surface area contributed by atoms with E-state index in [4.69, 9.17) is 0 Å². The fourth-order valence-corrected chi connectivity index (χ4v) is 1.75. The predicted octanol–water partition coefficient (Wildman–Crippen LogP) is 1.52. The Morgan fingerprint density at radius 2 is 2.55 bits per heavy atom. The van der Waals surface area contributed by atoms with E-state index in [-0.39, 0.29) is 0 Å². The van der Waals surface area contributed by atoms with E-state index < -0.39 is 0 Å². The summed E-state index contributed by atoms with van der Waals surface area (Å²) in [6, 6.07) is 0. The van der Waals surface area contributed by atoms with Gasteiger partial charge in [0.05, 0.1) is 12.3 Å². The van der Waals surface area contributed by atoms with Crippen LogP contribution >= 0.6 is 11.8 Å². The molecule has 1 atom stereocenters. The summed E-state index contributed by atoms with van der Waals surface area (Å²) >= 11 is 1.98. The molecule has 0 bridgehead atoms. The van der Waals surface area contributed by atoms with Gasteiger partial charge in [-0.05, 0) is 6.42 Å². The minimum Gasteiger partial charge on any atom is -0.371 e. The van der Waals surface area contributed by atoms with Crippen molar-refractivity contribution in [2.45, 2.75) is 25.5 Å². The molecule has 0 aliphatic carbocycles. The van der Waals surface area contributed by atoms with Crippen molar-refractivity contribution in [2.75, 3.05) is 18.8 Å². The molecule has 11 heavy (non-hydrogen) atoms. The van der Waals surface area contributed by atoms with E-state index in [2.05, 4.69) is 24.2 Å². The maximum absolute atomic E-state index is 4.33. The second-order valence-corrected chi connectivity index (χ2v) is 4.21. The van der Waals surface area contributed by atoms with Crippen LogP contribution in [-0.2, 0) is 0 Å². The lowest BCUT2D eigenvalue weighted by Crippen LogP contribution is -2.21. The monoisotopic (exact) mass is 172 g/mol. The van der Waals surface area contributed by atoms with Gasteiger partial charge in [-0.25, -0.2) is 0 Å². The summed E-state index contributed by atoms with van der Waals surface area (Å²) < 4.78 is 0. The summed E-state index contributed by atoms with van der Waals surface area (Å²) in [6.45, 7) is 6.49. The Labute approximate surface area is 72.9 Å². The highest BCUT2D eigenvalue weighted by Crippen LogP contribution is 2.13. The van der Waals surface area contributed by atoms with Crippen LogP contribution in [0.4, 0.5) is 0 Å². The SMILES string of the molecule is CCC(C)SCC1=NCCN1. The quantitative estimate of drug-likeness (QED) is 0.695. The number of hydrogen-bond acceptors (Lipinski definition) is 3. The highest BCUT2D eigenvalue weighted by Gasteiger charge is 2.06. The van der Waals surface area contributed by atoms with Gasteiger partial charge in [-0.1, -0.05) is 13.8 Å². The molecule has 0 aromatic heterocycles. The van der Waals surface area contributed by atoms with Gasteiger partial charge < -0.3 is 5.32 Å². The van der Waals surface area contributed by atoms with Gasteiger partial charge in [-0.2, -0.15) is 11.8 Å². The van der Waals surface area contributed by atoms with E-state index >= 15 is 0 Å². The second-order valence-electron chi connectivity index (χ2n) is 2.79. The topological polar surface area (TPSA) is 24.4 Å². The zero-order valence-electron chi connectivity index (χ0n) is 7.26. The number of nitrogens with one attached hydrogen (secondary N) is 1. The van der Waals surface area contributed by atoms with Gasteiger partial charge in [0.1, 0.15) is 5.84 Å². The Kier molecular flexibility index (Phi) is 3.77. The molecule has 1 N–H and O–H groups in total. The molecule has 1 rings (SSSR count). The first kappa shape index (κ1) is 8.91. The average molecular weight is 172 g/mol. The lowest BCUT2D eigenvalue weighted by Gasteiger charge is -2.07. The maximum Gasteiger partial charge on any atom is 0.106 e. The van der Waals surface area contributed by atoms with E-state index in [0.29, 0.717) is 0 Å². The van der Waals surface area contributed by atoms with E-state index in [1.54, 1.807) is 0 Å².